The van der Waals surface area contributed by atoms with Crippen LogP contribution in [0.3, 0.4) is 0 Å². The summed E-state index contributed by atoms with van der Waals surface area (Å²) in [7, 11) is 0. The van der Waals surface area contributed by atoms with Crippen LogP contribution in [0.5, 0.6) is 0 Å². The molecule has 0 aromatic heterocycles. The number of hydrogen-bond donors (Lipinski definition) is 1. The van der Waals surface area contributed by atoms with Crippen LogP contribution >= 0.6 is 0 Å². The maximum Gasteiger partial charge on any atom is 0.129 e. The van der Waals surface area contributed by atoms with Crippen LogP contribution in [-0.2, 0) is 0 Å². The molecule has 2 rings (SSSR count). The van der Waals surface area contributed by atoms with Crippen LogP contribution in [0.2, 0.25) is 0 Å². The zero-order valence-electron chi connectivity index (χ0n) is 11.2. The van der Waals surface area contributed by atoms with Crippen molar-refractivity contribution < 1.29 is 13.9 Å². The predicted octanol–water partition coefficient (Wildman–Crippen LogP) is 3.97. The van der Waals surface area contributed by atoms with E-state index in [0.717, 1.165) is 11.1 Å². The molecule has 1 N–H and O–H groups in total. The van der Waals surface area contributed by atoms with Crippen molar-refractivity contribution >= 4 is 0 Å². The van der Waals surface area contributed by atoms with Crippen LogP contribution < -0.4 is 0 Å². The average molecular weight is 262 g/mol. The summed E-state index contributed by atoms with van der Waals surface area (Å²) in [5.41, 5.74) is 2.45. The van der Waals surface area contributed by atoms with Gasteiger partial charge in [0.1, 0.15) is 17.7 Å². The third-order valence-corrected chi connectivity index (χ3v) is 3.20. The van der Waals surface area contributed by atoms with Crippen LogP contribution in [0.25, 0.3) is 0 Å². The molecule has 0 amide bonds. The lowest BCUT2D eigenvalue weighted by molar-refractivity contribution is 0.209. The van der Waals surface area contributed by atoms with Crippen LogP contribution in [0.1, 0.15) is 33.9 Å². The fraction of sp³-hybridized carbons (Fsp3) is 0.250. The molecule has 0 aliphatic rings. The Morgan fingerprint density at radius 1 is 0.895 bits per heavy atom. The van der Waals surface area contributed by atoms with E-state index in [2.05, 4.69) is 0 Å². The van der Waals surface area contributed by atoms with Gasteiger partial charge in [0.25, 0.3) is 0 Å². The van der Waals surface area contributed by atoms with Gasteiger partial charge in [0.05, 0.1) is 0 Å². The molecule has 0 bridgehead atoms. The van der Waals surface area contributed by atoms with Gasteiger partial charge in [-0.15, -0.1) is 0 Å². The Morgan fingerprint density at radius 3 is 2.21 bits per heavy atom. The van der Waals surface area contributed by atoms with Gasteiger partial charge in [-0.05, 0) is 44.0 Å². The minimum absolute atomic E-state index is 0.103. The normalized spacial score (nSPS) is 12.5. The van der Waals surface area contributed by atoms with Gasteiger partial charge in [-0.2, -0.15) is 0 Å². The van der Waals surface area contributed by atoms with Crippen molar-refractivity contribution in [3.8, 4) is 0 Å². The van der Waals surface area contributed by atoms with Gasteiger partial charge in [-0.3, -0.25) is 0 Å². The van der Waals surface area contributed by atoms with Crippen LogP contribution in [-0.4, -0.2) is 5.11 Å². The Kier molecular flexibility index (Phi) is 3.67. The highest BCUT2D eigenvalue weighted by molar-refractivity contribution is 5.40. The molecule has 3 heteroatoms. The van der Waals surface area contributed by atoms with E-state index < -0.39 is 17.7 Å². The summed E-state index contributed by atoms with van der Waals surface area (Å²) in [6.07, 6.45) is -1.29. The molecule has 0 saturated heterocycles. The molecule has 0 aliphatic heterocycles. The van der Waals surface area contributed by atoms with E-state index in [-0.39, 0.29) is 11.1 Å². The second-order valence-corrected chi connectivity index (χ2v) is 4.90. The molecule has 0 fully saturated rings. The van der Waals surface area contributed by atoms with Gasteiger partial charge in [0, 0.05) is 11.1 Å². The number of aliphatic hydroxyl groups is 1. The van der Waals surface area contributed by atoms with Crippen molar-refractivity contribution in [3.63, 3.8) is 0 Å². The lowest BCUT2D eigenvalue weighted by atomic mass is 9.94. The minimum atomic E-state index is -1.29. The molecule has 2 aromatic rings. The Balaban J connectivity index is 2.56. The molecule has 1 nitrogen and oxygen atoms in total. The van der Waals surface area contributed by atoms with Gasteiger partial charge >= 0.3 is 0 Å². The van der Waals surface area contributed by atoms with Crippen molar-refractivity contribution in [2.24, 2.45) is 0 Å². The van der Waals surface area contributed by atoms with Crippen molar-refractivity contribution in [3.05, 3.63) is 69.8 Å². The molecule has 19 heavy (non-hydrogen) atoms. The van der Waals surface area contributed by atoms with E-state index in [1.54, 1.807) is 39.0 Å². The van der Waals surface area contributed by atoms with Crippen LogP contribution in [0.15, 0.2) is 30.3 Å². The molecule has 1 atom stereocenters. The first-order valence-corrected chi connectivity index (χ1v) is 6.11. The maximum atomic E-state index is 14.0. The van der Waals surface area contributed by atoms with Crippen LogP contribution in [0, 0.1) is 32.4 Å². The highest BCUT2D eigenvalue weighted by atomic mass is 19.1. The zero-order valence-corrected chi connectivity index (χ0v) is 11.2. The maximum absolute atomic E-state index is 14.0. The molecule has 0 saturated carbocycles. The number of aliphatic hydroxyl groups excluding tert-OH is 1. The van der Waals surface area contributed by atoms with Gasteiger partial charge in [-0.25, -0.2) is 8.78 Å². The molecule has 0 radical (unpaired) electrons. The SMILES string of the molecule is Cc1cc(C)c(C(O)c2cc(C)ccc2F)c(F)c1. The molecule has 0 aliphatic carbocycles. The minimum Gasteiger partial charge on any atom is -0.383 e. The quantitative estimate of drug-likeness (QED) is 0.868. The third-order valence-electron chi connectivity index (χ3n) is 3.20. The summed E-state index contributed by atoms with van der Waals surface area (Å²) in [6, 6.07) is 7.56. The third kappa shape index (κ3) is 2.66. The smallest absolute Gasteiger partial charge is 0.129 e. The van der Waals surface area contributed by atoms with E-state index in [4.69, 9.17) is 0 Å². The van der Waals surface area contributed by atoms with E-state index in [1.807, 2.05) is 0 Å². The van der Waals surface area contributed by atoms with Gasteiger partial charge in [-0.1, -0.05) is 23.8 Å². The molecule has 0 heterocycles. The highest BCUT2D eigenvalue weighted by Crippen LogP contribution is 2.30. The van der Waals surface area contributed by atoms with Crippen molar-refractivity contribution in [2.45, 2.75) is 26.9 Å². The Hall–Kier alpha value is -1.74. The summed E-state index contributed by atoms with van der Waals surface area (Å²) in [4.78, 5) is 0. The first-order chi connectivity index (χ1) is 8.90. The first-order valence-electron chi connectivity index (χ1n) is 6.11. The topological polar surface area (TPSA) is 20.2 Å². The summed E-state index contributed by atoms with van der Waals surface area (Å²) in [5, 5.41) is 10.3. The fourth-order valence-corrected chi connectivity index (χ4v) is 2.30. The number of aryl methyl sites for hydroxylation is 3. The van der Waals surface area contributed by atoms with Crippen LogP contribution in [0.4, 0.5) is 8.78 Å². The number of halogens is 2. The first kappa shape index (κ1) is 13.7. The summed E-state index contributed by atoms with van der Waals surface area (Å²) in [6.45, 7) is 5.29. The summed E-state index contributed by atoms with van der Waals surface area (Å²) in [5.74, 6) is -1.04. The monoisotopic (exact) mass is 262 g/mol. The van der Waals surface area contributed by atoms with Gasteiger partial charge in [0.2, 0.25) is 0 Å². The molecule has 0 spiro atoms. The zero-order chi connectivity index (χ0) is 14.2. The largest absolute Gasteiger partial charge is 0.383 e. The van der Waals surface area contributed by atoms with Crippen molar-refractivity contribution in [1.29, 1.82) is 0 Å². The molecular formula is C16H16F2O. The predicted molar refractivity (Wildman–Crippen MR) is 71.1 cm³/mol. The van der Waals surface area contributed by atoms with E-state index >= 15 is 0 Å². The van der Waals surface area contributed by atoms with E-state index in [9.17, 15) is 13.9 Å². The molecule has 2 aromatic carbocycles. The van der Waals surface area contributed by atoms with Gasteiger partial charge < -0.3 is 5.11 Å². The van der Waals surface area contributed by atoms with Crippen molar-refractivity contribution in [2.75, 3.05) is 0 Å². The second kappa shape index (κ2) is 5.10. The number of rotatable bonds is 2. The molecule has 1 unspecified atom stereocenters. The highest BCUT2D eigenvalue weighted by Gasteiger charge is 2.21. The lowest BCUT2D eigenvalue weighted by Gasteiger charge is -2.17. The molecule has 100 valence electrons. The lowest BCUT2D eigenvalue weighted by Crippen LogP contribution is -2.08. The Bertz CT molecular complexity index is 597. The number of benzene rings is 2. The number of hydrogen-bond acceptors (Lipinski definition) is 1. The average Bonchev–Trinajstić information content (AvgIpc) is 2.30. The fourth-order valence-electron chi connectivity index (χ4n) is 2.30. The standard InChI is InChI=1S/C16H16F2O/c1-9-4-5-13(17)12(7-9)16(19)15-11(3)6-10(2)8-14(15)18/h4-8,16,19H,1-3H3. The molecular weight excluding hydrogens is 246 g/mol. The summed E-state index contributed by atoms with van der Waals surface area (Å²) < 4.78 is 27.8. The summed E-state index contributed by atoms with van der Waals surface area (Å²) >= 11 is 0. The van der Waals surface area contributed by atoms with E-state index in [1.165, 1.54) is 12.1 Å². The Labute approximate surface area is 111 Å². The Morgan fingerprint density at radius 2 is 1.58 bits per heavy atom. The van der Waals surface area contributed by atoms with Crippen molar-refractivity contribution in [1.82, 2.24) is 0 Å². The van der Waals surface area contributed by atoms with E-state index in [0.29, 0.717) is 5.56 Å². The van der Waals surface area contributed by atoms with Gasteiger partial charge in [0.15, 0.2) is 0 Å². The second-order valence-electron chi connectivity index (χ2n) is 4.90.